The second kappa shape index (κ2) is 6.19. The Morgan fingerprint density at radius 2 is 1.95 bits per heavy atom. The molecule has 0 amide bonds. The zero-order chi connectivity index (χ0) is 14.7. The van der Waals surface area contributed by atoms with Crippen molar-refractivity contribution in [2.45, 2.75) is 0 Å². The fourth-order valence-electron chi connectivity index (χ4n) is 1.59. The molecule has 2 rings (SSSR count). The number of nitrogens with two attached hydrogens (primary N) is 1. The topological polar surface area (TPSA) is 44.5 Å². The second-order valence-corrected chi connectivity index (χ2v) is 5.20. The van der Waals surface area contributed by atoms with E-state index >= 15 is 0 Å². The molecule has 3 nitrogen and oxygen atoms in total. The van der Waals surface area contributed by atoms with Crippen molar-refractivity contribution in [1.82, 2.24) is 0 Å². The smallest absolute Gasteiger partial charge is 0.144 e. The summed E-state index contributed by atoms with van der Waals surface area (Å²) >= 11 is 8.27. The molecule has 0 radical (unpaired) electrons. The zero-order valence-electron chi connectivity index (χ0n) is 10.5. The van der Waals surface area contributed by atoms with Gasteiger partial charge in [0.2, 0.25) is 0 Å². The van der Waals surface area contributed by atoms with Crippen LogP contribution in [0.1, 0.15) is 5.56 Å². The highest BCUT2D eigenvalue weighted by molar-refractivity contribution is 9.10. The maximum Gasteiger partial charge on any atom is 0.144 e. The van der Waals surface area contributed by atoms with Crippen LogP contribution in [-0.4, -0.2) is 12.1 Å². The normalized spacial score (nSPS) is 10.2. The summed E-state index contributed by atoms with van der Waals surface area (Å²) in [5, 5.41) is 0. The van der Waals surface area contributed by atoms with E-state index in [0.717, 1.165) is 0 Å². The summed E-state index contributed by atoms with van der Waals surface area (Å²) in [6.45, 7) is 0. The van der Waals surface area contributed by atoms with Crippen LogP contribution in [0.15, 0.2) is 40.9 Å². The van der Waals surface area contributed by atoms with E-state index in [2.05, 4.69) is 15.9 Å². The van der Waals surface area contributed by atoms with Crippen LogP contribution in [-0.2, 0) is 0 Å². The minimum atomic E-state index is -0.400. The Bertz CT molecular complexity index is 664. The Kier molecular flexibility index (Phi) is 4.57. The molecule has 2 aromatic carbocycles. The number of thiocarbonyl (C=S) groups is 1. The van der Waals surface area contributed by atoms with Gasteiger partial charge in [0.15, 0.2) is 0 Å². The van der Waals surface area contributed by atoms with Crippen molar-refractivity contribution >= 4 is 33.1 Å². The summed E-state index contributed by atoms with van der Waals surface area (Å²) < 4.78 is 24.7. The van der Waals surface area contributed by atoms with Crippen molar-refractivity contribution in [3.05, 3.63) is 52.3 Å². The molecule has 0 fully saturated rings. The molecule has 20 heavy (non-hydrogen) atoms. The molecular weight excluding hydrogens is 345 g/mol. The molecule has 0 aliphatic carbocycles. The van der Waals surface area contributed by atoms with Crippen LogP contribution >= 0.6 is 28.1 Å². The van der Waals surface area contributed by atoms with E-state index in [4.69, 9.17) is 27.4 Å². The Morgan fingerprint density at radius 3 is 2.60 bits per heavy atom. The van der Waals surface area contributed by atoms with Crippen LogP contribution < -0.4 is 15.2 Å². The number of hydrogen-bond acceptors (Lipinski definition) is 3. The Morgan fingerprint density at radius 1 is 1.20 bits per heavy atom. The molecule has 0 saturated heterocycles. The second-order valence-electron chi connectivity index (χ2n) is 3.90. The largest absolute Gasteiger partial charge is 0.497 e. The number of hydrogen-bond donors (Lipinski definition) is 1. The highest BCUT2D eigenvalue weighted by Gasteiger charge is 2.12. The van der Waals surface area contributed by atoms with Crippen molar-refractivity contribution in [3.63, 3.8) is 0 Å². The summed E-state index contributed by atoms with van der Waals surface area (Å²) in [7, 11) is 1.54. The third-order valence-corrected chi connectivity index (χ3v) is 3.44. The minimum Gasteiger partial charge on any atom is -0.497 e. The molecule has 0 aromatic heterocycles. The zero-order valence-corrected chi connectivity index (χ0v) is 12.9. The molecule has 0 atom stereocenters. The van der Waals surface area contributed by atoms with Crippen molar-refractivity contribution in [2.24, 2.45) is 5.73 Å². The maximum atomic E-state index is 13.3. The van der Waals surface area contributed by atoms with Crippen LogP contribution in [0.5, 0.6) is 17.2 Å². The average Bonchev–Trinajstić information content (AvgIpc) is 2.42. The van der Waals surface area contributed by atoms with Crippen molar-refractivity contribution in [2.75, 3.05) is 7.11 Å². The summed E-state index contributed by atoms with van der Waals surface area (Å²) in [6.07, 6.45) is 0. The van der Waals surface area contributed by atoms with E-state index in [9.17, 15) is 4.39 Å². The van der Waals surface area contributed by atoms with Crippen LogP contribution in [0, 0.1) is 5.82 Å². The molecule has 0 bridgehead atoms. The van der Waals surface area contributed by atoms with Gasteiger partial charge in [0.25, 0.3) is 0 Å². The molecule has 6 heteroatoms. The van der Waals surface area contributed by atoms with Crippen molar-refractivity contribution in [1.29, 1.82) is 0 Å². The Labute approximate surface area is 129 Å². The van der Waals surface area contributed by atoms with Crippen LogP contribution in [0.2, 0.25) is 0 Å². The number of rotatable bonds is 4. The third-order valence-electron chi connectivity index (χ3n) is 2.57. The first kappa shape index (κ1) is 14.7. The van der Waals surface area contributed by atoms with Crippen LogP contribution in [0.3, 0.4) is 0 Å². The van der Waals surface area contributed by atoms with E-state index in [0.29, 0.717) is 27.3 Å². The Hall–Kier alpha value is -1.66. The predicted molar refractivity (Wildman–Crippen MR) is 83.1 cm³/mol. The number of halogens is 2. The van der Waals surface area contributed by atoms with Gasteiger partial charge in [-0.3, -0.25) is 0 Å². The number of methoxy groups -OCH3 is 1. The fraction of sp³-hybridized carbons (Fsp3) is 0.0714. The van der Waals surface area contributed by atoms with E-state index in [1.54, 1.807) is 24.3 Å². The van der Waals surface area contributed by atoms with Gasteiger partial charge in [0, 0.05) is 12.1 Å². The SMILES string of the molecule is COc1ccc(C(N)=S)c(Oc2cc(F)ccc2Br)c1. The first-order chi connectivity index (χ1) is 9.51. The first-order valence-corrected chi connectivity index (χ1v) is 6.82. The summed E-state index contributed by atoms with van der Waals surface area (Å²) in [4.78, 5) is 0.190. The van der Waals surface area contributed by atoms with Gasteiger partial charge >= 0.3 is 0 Å². The highest BCUT2D eigenvalue weighted by Crippen LogP contribution is 2.34. The quantitative estimate of drug-likeness (QED) is 0.841. The van der Waals surface area contributed by atoms with Gasteiger partial charge < -0.3 is 15.2 Å². The van der Waals surface area contributed by atoms with Crippen LogP contribution in [0.4, 0.5) is 4.39 Å². The van der Waals surface area contributed by atoms with E-state index in [1.807, 2.05) is 0 Å². The lowest BCUT2D eigenvalue weighted by Gasteiger charge is -2.13. The molecule has 0 heterocycles. The Balaban J connectivity index is 2.45. The third kappa shape index (κ3) is 3.26. The molecule has 0 spiro atoms. The van der Waals surface area contributed by atoms with Gasteiger partial charge in [-0.2, -0.15) is 0 Å². The summed E-state index contributed by atoms with van der Waals surface area (Å²) in [5.74, 6) is 0.925. The minimum absolute atomic E-state index is 0.190. The van der Waals surface area contributed by atoms with Gasteiger partial charge in [-0.15, -0.1) is 0 Å². The lowest BCUT2D eigenvalue weighted by atomic mass is 10.2. The van der Waals surface area contributed by atoms with Gasteiger partial charge in [0.1, 0.15) is 28.1 Å². The molecule has 0 aliphatic rings. The van der Waals surface area contributed by atoms with Crippen molar-refractivity contribution < 1.29 is 13.9 Å². The molecule has 2 N–H and O–H groups in total. The monoisotopic (exact) mass is 355 g/mol. The molecule has 2 aromatic rings. The van der Waals surface area contributed by atoms with Gasteiger partial charge in [-0.1, -0.05) is 12.2 Å². The van der Waals surface area contributed by atoms with E-state index < -0.39 is 5.82 Å². The fourth-order valence-corrected chi connectivity index (χ4v) is 2.09. The highest BCUT2D eigenvalue weighted by atomic mass is 79.9. The molecule has 0 aliphatic heterocycles. The molecule has 104 valence electrons. The van der Waals surface area contributed by atoms with Gasteiger partial charge in [0.05, 0.1) is 17.1 Å². The van der Waals surface area contributed by atoms with Crippen LogP contribution in [0.25, 0.3) is 0 Å². The van der Waals surface area contributed by atoms with E-state index in [-0.39, 0.29) is 4.99 Å². The molecule has 0 unspecified atom stereocenters. The molecule has 0 saturated carbocycles. The standard InChI is InChI=1S/C14H11BrFNO2S/c1-18-9-3-4-10(14(17)20)12(7-9)19-13-6-8(16)2-5-11(13)15/h2-7H,1H3,(H2,17,20). The number of ether oxygens (including phenoxy) is 2. The lowest BCUT2D eigenvalue weighted by Crippen LogP contribution is -2.10. The van der Waals surface area contributed by atoms with Gasteiger partial charge in [-0.25, -0.2) is 4.39 Å². The van der Waals surface area contributed by atoms with Gasteiger partial charge in [-0.05, 0) is 40.2 Å². The first-order valence-electron chi connectivity index (χ1n) is 5.62. The van der Waals surface area contributed by atoms with E-state index in [1.165, 1.54) is 19.2 Å². The summed E-state index contributed by atoms with van der Waals surface area (Å²) in [5.41, 5.74) is 6.21. The predicted octanol–water partition coefficient (Wildman–Crippen LogP) is 4.02. The number of benzene rings is 2. The lowest BCUT2D eigenvalue weighted by molar-refractivity contribution is 0.408. The summed E-state index contributed by atoms with van der Waals surface area (Å²) in [6, 6.07) is 9.23. The van der Waals surface area contributed by atoms with Crippen molar-refractivity contribution in [3.8, 4) is 17.2 Å². The molecular formula is C14H11BrFNO2S. The maximum absolute atomic E-state index is 13.3. The average molecular weight is 356 g/mol.